The summed E-state index contributed by atoms with van der Waals surface area (Å²) in [6.07, 6.45) is 3.24. The maximum Gasteiger partial charge on any atom is 0.241 e. The Kier molecular flexibility index (Phi) is 5.72. The van der Waals surface area contributed by atoms with Crippen molar-refractivity contribution in [2.45, 2.75) is 18.9 Å². The molecule has 2 rings (SSSR count). The summed E-state index contributed by atoms with van der Waals surface area (Å²) >= 11 is 0. The van der Waals surface area contributed by atoms with E-state index in [2.05, 4.69) is 5.32 Å². The third kappa shape index (κ3) is 4.43. The Hall–Kier alpha value is -2.14. The van der Waals surface area contributed by atoms with Crippen molar-refractivity contribution in [3.63, 3.8) is 0 Å². The van der Waals surface area contributed by atoms with E-state index in [4.69, 9.17) is 4.42 Å². The van der Waals surface area contributed by atoms with Gasteiger partial charge in [-0.3, -0.25) is 9.69 Å². The first-order valence-corrected chi connectivity index (χ1v) is 7.30. The van der Waals surface area contributed by atoms with E-state index in [1.807, 2.05) is 31.1 Å². The molecule has 0 radical (unpaired) electrons. The van der Waals surface area contributed by atoms with Crippen LogP contribution in [-0.2, 0) is 11.2 Å². The number of likely N-dealkylation sites (N-methyl/N-ethyl adjacent to an activating group) is 1. The molecule has 0 fully saturated rings. The first-order chi connectivity index (χ1) is 10.6. The van der Waals surface area contributed by atoms with Gasteiger partial charge in [0.2, 0.25) is 5.91 Å². The Morgan fingerprint density at radius 2 is 2.00 bits per heavy atom. The monoisotopic (exact) mass is 304 g/mol. The van der Waals surface area contributed by atoms with Crippen molar-refractivity contribution in [2.24, 2.45) is 0 Å². The van der Waals surface area contributed by atoms with Gasteiger partial charge in [0.15, 0.2) is 0 Å². The van der Waals surface area contributed by atoms with Gasteiger partial charge in [0.25, 0.3) is 0 Å². The van der Waals surface area contributed by atoms with E-state index in [9.17, 15) is 9.18 Å². The minimum absolute atomic E-state index is 0.0870. The number of amides is 1. The van der Waals surface area contributed by atoms with Crippen molar-refractivity contribution in [2.75, 3.05) is 20.6 Å². The normalized spacial score (nSPS) is 12.4. The van der Waals surface area contributed by atoms with Gasteiger partial charge in [-0.25, -0.2) is 4.39 Å². The van der Waals surface area contributed by atoms with Gasteiger partial charge in [-0.05, 0) is 50.3 Å². The first kappa shape index (κ1) is 16.2. The van der Waals surface area contributed by atoms with E-state index in [1.165, 1.54) is 12.1 Å². The lowest BCUT2D eigenvalue weighted by Gasteiger charge is -2.23. The summed E-state index contributed by atoms with van der Waals surface area (Å²) in [6.45, 7) is 0.574. The zero-order valence-corrected chi connectivity index (χ0v) is 12.9. The number of carbonyl (C=O) groups excluding carboxylic acids is 1. The highest BCUT2D eigenvalue weighted by molar-refractivity contribution is 5.83. The van der Waals surface area contributed by atoms with Crippen molar-refractivity contribution in [3.05, 3.63) is 59.8 Å². The Balaban J connectivity index is 1.88. The van der Waals surface area contributed by atoms with E-state index in [1.54, 1.807) is 18.4 Å². The van der Waals surface area contributed by atoms with E-state index < -0.39 is 6.04 Å². The summed E-state index contributed by atoms with van der Waals surface area (Å²) in [5, 5.41) is 2.92. The van der Waals surface area contributed by atoms with Crippen molar-refractivity contribution >= 4 is 5.91 Å². The fourth-order valence-corrected chi connectivity index (χ4v) is 2.35. The SMILES string of the molecule is CN(C)[C@@H](C(=O)NCCCc1ccco1)c1ccc(F)cc1. The first-order valence-electron chi connectivity index (χ1n) is 7.30. The third-order valence-corrected chi connectivity index (χ3v) is 3.43. The molecule has 0 spiro atoms. The molecule has 1 aromatic heterocycles. The second-order valence-corrected chi connectivity index (χ2v) is 5.39. The summed E-state index contributed by atoms with van der Waals surface area (Å²) in [7, 11) is 3.66. The van der Waals surface area contributed by atoms with Crippen LogP contribution in [0.25, 0.3) is 0 Å². The van der Waals surface area contributed by atoms with Gasteiger partial charge in [0.1, 0.15) is 17.6 Å². The minimum Gasteiger partial charge on any atom is -0.469 e. The Labute approximate surface area is 129 Å². The summed E-state index contributed by atoms with van der Waals surface area (Å²) in [6, 6.07) is 9.37. The molecule has 22 heavy (non-hydrogen) atoms. The van der Waals surface area contributed by atoms with E-state index in [0.717, 1.165) is 24.2 Å². The molecule has 0 aliphatic carbocycles. The average molecular weight is 304 g/mol. The molecule has 4 nitrogen and oxygen atoms in total. The van der Waals surface area contributed by atoms with Crippen molar-refractivity contribution in [1.82, 2.24) is 10.2 Å². The van der Waals surface area contributed by atoms with Gasteiger partial charge < -0.3 is 9.73 Å². The van der Waals surface area contributed by atoms with Crippen molar-refractivity contribution < 1.29 is 13.6 Å². The zero-order valence-electron chi connectivity index (χ0n) is 12.9. The molecular weight excluding hydrogens is 283 g/mol. The Morgan fingerprint density at radius 1 is 1.27 bits per heavy atom. The molecule has 1 heterocycles. The molecule has 1 amide bonds. The van der Waals surface area contributed by atoms with Crippen LogP contribution in [0.2, 0.25) is 0 Å². The molecule has 2 aromatic rings. The molecular formula is C17H21FN2O2. The number of nitrogens with zero attached hydrogens (tertiary/aromatic N) is 1. The highest BCUT2D eigenvalue weighted by atomic mass is 19.1. The number of furan rings is 1. The molecule has 0 aliphatic rings. The Morgan fingerprint density at radius 3 is 2.59 bits per heavy atom. The summed E-state index contributed by atoms with van der Waals surface area (Å²) in [5.41, 5.74) is 0.773. The molecule has 1 N–H and O–H groups in total. The summed E-state index contributed by atoms with van der Waals surface area (Å²) in [4.78, 5) is 14.2. The molecule has 0 saturated heterocycles. The summed E-state index contributed by atoms with van der Waals surface area (Å²) in [5.74, 6) is 0.521. The number of rotatable bonds is 7. The maximum absolute atomic E-state index is 13.0. The number of hydrogen-bond acceptors (Lipinski definition) is 3. The predicted octanol–water partition coefficient (Wildman–Crippen LogP) is 2.77. The second kappa shape index (κ2) is 7.75. The van der Waals surface area contributed by atoms with Crippen molar-refractivity contribution in [1.29, 1.82) is 0 Å². The molecule has 5 heteroatoms. The highest BCUT2D eigenvalue weighted by Gasteiger charge is 2.22. The van der Waals surface area contributed by atoms with Crippen LogP contribution in [0, 0.1) is 5.82 Å². The second-order valence-electron chi connectivity index (χ2n) is 5.39. The van der Waals surface area contributed by atoms with Crippen LogP contribution < -0.4 is 5.32 Å². The van der Waals surface area contributed by atoms with E-state index in [-0.39, 0.29) is 11.7 Å². The highest BCUT2D eigenvalue weighted by Crippen LogP contribution is 2.18. The summed E-state index contributed by atoms with van der Waals surface area (Å²) < 4.78 is 18.3. The lowest BCUT2D eigenvalue weighted by Crippen LogP contribution is -2.37. The van der Waals surface area contributed by atoms with E-state index in [0.29, 0.717) is 6.54 Å². The van der Waals surface area contributed by atoms with Crippen LogP contribution in [-0.4, -0.2) is 31.4 Å². The van der Waals surface area contributed by atoms with Gasteiger partial charge in [-0.1, -0.05) is 12.1 Å². The number of benzene rings is 1. The van der Waals surface area contributed by atoms with Crippen LogP contribution in [0.3, 0.4) is 0 Å². The lowest BCUT2D eigenvalue weighted by atomic mass is 10.1. The molecule has 1 aromatic carbocycles. The maximum atomic E-state index is 13.0. The van der Waals surface area contributed by atoms with Crippen LogP contribution in [0.5, 0.6) is 0 Å². The largest absolute Gasteiger partial charge is 0.469 e. The number of carbonyl (C=O) groups is 1. The smallest absolute Gasteiger partial charge is 0.241 e. The average Bonchev–Trinajstić information content (AvgIpc) is 2.99. The molecule has 0 saturated carbocycles. The molecule has 0 aliphatic heterocycles. The van der Waals surface area contributed by atoms with Crippen LogP contribution >= 0.6 is 0 Å². The molecule has 118 valence electrons. The predicted molar refractivity (Wildman–Crippen MR) is 82.9 cm³/mol. The standard InChI is InChI=1S/C17H21FN2O2/c1-20(2)16(13-7-9-14(18)10-8-13)17(21)19-11-3-5-15-6-4-12-22-15/h4,6-10,12,16H,3,5,11H2,1-2H3,(H,19,21)/t16-/m1/s1. The molecule has 0 unspecified atom stereocenters. The zero-order chi connectivity index (χ0) is 15.9. The Bertz CT molecular complexity index is 579. The number of aryl methyl sites for hydroxylation is 1. The van der Waals surface area contributed by atoms with Crippen LogP contribution in [0.1, 0.15) is 23.8 Å². The number of hydrogen-bond donors (Lipinski definition) is 1. The van der Waals surface area contributed by atoms with E-state index >= 15 is 0 Å². The van der Waals surface area contributed by atoms with Gasteiger partial charge in [0, 0.05) is 13.0 Å². The van der Waals surface area contributed by atoms with Gasteiger partial charge >= 0.3 is 0 Å². The number of nitrogens with one attached hydrogen (secondary N) is 1. The minimum atomic E-state index is -0.427. The van der Waals surface area contributed by atoms with Crippen LogP contribution in [0.15, 0.2) is 47.1 Å². The molecule has 1 atom stereocenters. The van der Waals surface area contributed by atoms with Gasteiger partial charge in [-0.2, -0.15) is 0 Å². The van der Waals surface area contributed by atoms with Gasteiger partial charge in [0.05, 0.1) is 6.26 Å². The lowest BCUT2D eigenvalue weighted by molar-refractivity contribution is -0.125. The fourth-order valence-electron chi connectivity index (χ4n) is 2.35. The third-order valence-electron chi connectivity index (χ3n) is 3.43. The molecule has 0 bridgehead atoms. The van der Waals surface area contributed by atoms with Gasteiger partial charge in [-0.15, -0.1) is 0 Å². The number of halogens is 1. The quantitative estimate of drug-likeness (QED) is 0.800. The topological polar surface area (TPSA) is 45.5 Å². The van der Waals surface area contributed by atoms with Crippen LogP contribution in [0.4, 0.5) is 4.39 Å². The van der Waals surface area contributed by atoms with Crippen molar-refractivity contribution in [3.8, 4) is 0 Å². The fraction of sp³-hybridized carbons (Fsp3) is 0.353.